The van der Waals surface area contributed by atoms with Gasteiger partial charge in [-0.15, -0.1) is 0 Å². The Balaban J connectivity index is 2.61. The first-order chi connectivity index (χ1) is 8.50. The van der Waals surface area contributed by atoms with Crippen molar-refractivity contribution < 1.29 is 8.78 Å². The molecule has 18 heavy (non-hydrogen) atoms. The molecule has 1 aromatic heterocycles. The molecule has 5 heteroatoms. The van der Waals surface area contributed by atoms with Crippen molar-refractivity contribution in [3.8, 4) is 11.3 Å². The Morgan fingerprint density at radius 1 is 1.17 bits per heavy atom. The van der Waals surface area contributed by atoms with Crippen molar-refractivity contribution >= 4 is 11.6 Å². The highest BCUT2D eigenvalue weighted by Crippen LogP contribution is 2.32. The third-order valence-electron chi connectivity index (χ3n) is 2.55. The number of rotatable bonds is 2. The second-order valence-corrected chi connectivity index (χ2v) is 4.58. The topological polar surface area (TPSA) is 25.8 Å². The lowest BCUT2D eigenvalue weighted by molar-refractivity contribution is 0.585. The molecule has 2 aromatic rings. The molecule has 0 saturated carbocycles. The van der Waals surface area contributed by atoms with Crippen molar-refractivity contribution in [3.05, 3.63) is 46.9 Å². The quantitative estimate of drug-likeness (QED) is 0.816. The molecular weight excluding hydrogens is 258 g/mol. The van der Waals surface area contributed by atoms with E-state index in [0.29, 0.717) is 10.7 Å². The monoisotopic (exact) mass is 268 g/mol. The highest BCUT2D eigenvalue weighted by molar-refractivity contribution is 6.33. The van der Waals surface area contributed by atoms with Gasteiger partial charge in [0, 0.05) is 11.6 Å². The zero-order valence-corrected chi connectivity index (χ0v) is 10.7. The average Bonchev–Trinajstić information content (AvgIpc) is 2.30. The summed E-state index contributed by atoms with van der Waals surface area (Å²) in [6.45, 7) is 3.86. The molecule has 0 aliphatic rings. The third-order valence-corrected chi connectivity index (χ3v) is 2.92. The lowest BCUT2D eigenvalue weighted by Gasteiger charge is -2.10. The Kier molecular flexibility index (Phi) is 3.57. The van der Waals surface area contributed by atoms with Crippen molar-refractivity contribution in [1.29, 1.82) is 0 Å². The van der Waals surface area contributed by atoms with E-state index in [2.05, 4.69) is 9.97 Å². The molecule has 0 unspecified atom stereocenters. The van der Waals surface area contributed by atoms with Gasteiger partial charge in [-0.25, -0.2) is 18.7 Å². The highest BCUT2D eigenvalue weighted by atomic mass is 35.5. The fourth-order valence-electron chi connectivity index (χ4n) is 1.66. The lowest BCUT2D eigenvalue weighted by Crippen LogP contribution is -1.99. The number of hydrogen-bond donors (Lipinski definition) is 0. The first-order valence-electron chi connectivity index (χ1n) is 5.46. The Morgan fingerprint density at radius 3 is 2.50 bits per heavy atom. The van der Waals surface area contributed by atoms with Gasteiger partial charge in [0.15, 0.2) is 0 Å². The second kappa shape index (κ2) is 4.98. The van der Waals surface area contributed by atoms with Gasteiger partial charge in [-0.05, 0) is 18.1 Å². The molecule has 0 radical (unpaired) electrons. The van der Waals surface area contributed by atoms with Gasteiger partial charge in [-0.2, -0.15) is 0 Å². The molecule has 0 spiro atoms. The molecule has 0 fully saturated rings. The zero-order chi connectivity index (χ0) is 13.3. The third kappa shape index (κ3) is 2.34. The van der Waals surface area contributed by atoms with Gasteiger partial charge < -0.3 is 0 Å². The van der Waals surface area contributed by atoms with Crippen LogP contribution in [0.3, 0.4) is 0 Å². The van der Waals surface area contributed by atoms with E-state index < -0.39 is 11.6 Å². The van der Waals surface area contributed by atoms with E-state index in [1.54, 1.807) is 0 Å². The Bertz CT molecular complexity index is 585. The molecule has 0 aliphatic heterocycles. The largest absolute Gasteiger partial charge is 0.240 e. The first-order valence-corrected chi connectivity index (χ1v) is 5.84. The van der Waals surface area contributed by atoms with Crippen LogP contribution in [-0.4, -0.2) is 9.97 Å². The predicted molar refractivity (Wildman–Crippen MR) is 66.5 cm³/mol. The molecule has 2 nitrogen and oxygen atoms in total. The lowest BCUT2D eigenvalue weighted by atomic mass is 10.1. The van der Waals surface area contributed by atoms with E-state index >= 15 is 0 Å². The maximum absolute atomic E-state index is 13.7. The normalized spacial score (nSPS) is 11.0. The van der Waals surface area contributed by atoms with Crippen molar-refractivity contribution in [1.82, 2.24) is 9.97 Å². The molecule has 0 atom stereocenters. The summed E-state index contributed by atoms with van der Waals surface area (Å²) in [5, 5.41) is 0.304. The molecule has 0 saturated heterocycles. The number of hydrogen-bond acceptors (Lipinski definition) is 2. The van der Waals surface area contributed by atoms with Crippen molar-refractivity contribution in [2.75, 3.05) is 0 Å². The van der Waals surface area contributed by atoms with Crippen LogP contribution in [-0.2, 0) is 0 Å². The molecule has 0 N–H and O–H groups in total. The fraction of sp³-hybridized carbons (Fsp3) is 0.231. The van der Waals surface area contributed by atoms with Crippen LogP contribution < -0.4 is 0 Å². The predicted octanol–water partition coefficient (Wildman–Crippen LogP) is 4.20. The number of benzene rings is 1. The summed E-state index contributed by atoms with van der Waals surface area (Å²) < 4.78 is 26.6. The van der Waals surface area contributed by atoms with Crippen LogP contribution >= 0.6 is 11.6 Å². The molecule has 1 heterocycles. The summed E-state index contributed by atoms with van der Waals surface area (Å²) in [5.41, 5.74) is 1.10. The first kappa shape index (κ1) is 12.9. The van der Waals surface area contributed by atoms with Gasteiger partial charge >= 0.3 is 0 Å². The van der Waals surface area contributed by atoms with Crippen molar-refractivity contribution in [3.63, 3.8) is 0 Å². The molecule has 2 rings (SSSR count). The molecule has 0 aliphatic carbocycles. The summed E-state index contributed by atoms with van der Waals surface area (Å²) in [5.74, 6) is -1.22. The smallest absolute Gasteiger partial charge is 0.135 e. The van der Waals surface area contributed by atoms with E-state index in [1.165, 1.54) is 18.5 Å². The highest BCUT2D eigenvalue weighted by Gasteiger charge is 2.16. The van der Waals surface area contributed by atoms with E-state index in [9.17, 15) is 8.78 Å². The van der Waals surface area contributed by atoms with E-state index in [1.807, 2.05) is 13.8 Å². The SMILES string of the molecule is CC(C)c1ncnc(-c2ccc(F)cc2F)c1Cl. The number of aromatic nitrogens is 2. The van der Waals surface area contributed by atoms with E-state index in [4.69, 9.17) is 11.6 Å². The molecule has 0 amide bonds. The van der Waals surface area contributed by atoms with Gasteiger partial charge in [0.1, 0.15) is 18.0 Å². The van der Waals surface area contributed by atoms with Crippen LogP contribution in [0.2, 0.25) is 5.02 Å². The Hall–Kier alpha value is -1.55. The summed E-state index contributed by atoms with van der Waals surface area (Å²) in [6, 6.07) is 3.30. The number of nitrogens with zero attached hydrogens (tertiary/aromatic N) is 2. The summed E-state index contributed by atoms with van der Waals surface area (Å²) >= 11 is 6.16. The van der Waals surface area contributed by atoms with Gasteiger partial charge in [0.2, 0.25) is 0 Å². The average molecular weight is 269 g/mol. The molecular formula is C13H11ClF2N2. The van der Waals surface area contributed by atoms with Crippen LogP contribution in [0, 0.1) is 11.6 Å². The van der Waals surface area contributed by atoms with Crippen LogP contribution in [0.4, 0.5) is 8.78 Å². The standard InChI is InChI=1S/C13H11ClF2N2/c1-7(2)12-11(14)13(18-6-17-12)9-4-3-8(15)5-10(9)16/h3-7H,1-2H3. The van der Waals surface area contributed by atoms with E-state index in [0.717, 1.165) is 6.07 Å². The second-order valence-electron chi connectivity index (χ2n) is 4.20. The van der Waals surface area contributed by atoms with Crippen molar-refractivity contribution in [2.24, 2.45) is 0 Å². The maximum Gasteiger partial charge on any atom is 0.135 e. The summed E-state index contributed by atoms with van der Waals surface area (Å²) in [7, 11) is 0. The van der Waals surface area contributed by atoms with Gasteiger partial charge in [-0.3, -0.25) is 0 Å². The Morgan fingerprint density at radius 2 is 1.89 bits per heavy atom. The minimum atomic E-state index is -0.690. The van der Waals surface area contributed by atoms with Gasteiger partial charge in [0.05, 0.1) is 16.4 Å². The zero-order valence-electron chi connectivity index (χ0n) is 9.92. The van der Waals surface area contributed by atoms with Crippen molar-refractivity contribution in [2.45, 2.75) is 19.8 Å². The minimum Gasteiger partial charge on any atom is -0.240 e. The van der Waals surface area contributed by atoms with E-state index in [-0.39, 0.29) is 17.2 Å². The summed E-state index contributed by atoms with van der Waals surface area (Å²) in [6.07, 6.45) is 1.33. The minimum absolute atomic E-state index is 0.0998. The molecule has 94 valence electrons. The van der Waals surface area contributed by atoms with Crippen LogP contribution in [0.25, 0.3) is 11.3 Å². The van der Waals surface area contributed by atoms with Gasteiger partial charge in [0.25, 0.3) is 0 Å². The Labute approximate surface area is 109 Å². The fourth-order valence-corrected chi connectivity index (χ4v) is 2.07. The molecule has 0 bridgehead atoms. The van der Waals surface area contributed by atoms with Gasteiger partial charge in [-0.1, -0.05) is 25.4 Å². The van der Waals surface area contributed by atoms with Crippen LogP contribution in [0.1, 0.15) is 25.5 Å². The molecule has 1 aromatic carbocycles. The number of halogens is 3. The maximum atomic E-state index is 13.7. The summed E-state index contributed by atoms with van der Waals surface area (Å²) in [4.78, 5) is 8.05. The van der Waals surface area contributed by atoms with Crippen LogP contribution in [0.15, 0.2) is 24.5 Å². The van der Waals surface area contributed by atoms with Crippen LogP contribution in [0.5, 0.6) is 0 Å².